The second-order valence-electron chi connectivity index (χ2n) is 7.14. The Morgan fingerprint density at radius 3 is 2.36 bits per heavy atom. The monoisotopic (exact) mass is 367 g/mol. The van der Waals surface area contributed by atoms with Gasteiger partial charge in [0.25, 0.3) is 5.91 Å². The number of rotatable bonds is 3. The number of sulfonamides is 1. The normalized spacial score (nSPS) is 27.0. The first kappa shape index (κ1) is 16.9. The minimum atomic E-state index is -3.72. The maximum Gasteiger partial charge on any atom is 0.256 e. The largest absolute Gasteiger partial charge is 0.339 e. The summed E-state index contributed by atoms with van der Waals surface area (Å²) in [6, 6.07) is 3.65. The van der Waals surface area contributed by atoms with E-state index in [1.54, 1.807) is 4.90 Å². The summed E-state index contributed by atoms with van der Waals surface area (Å²) in [5, 5.41) is 3.27. The van der Waals surface area contributed by atoms with Crippen LogP contribution < -0.4 is 5.32 Å². The summed E-state index contributed by atoms with van der Waals surface area (Å²) in [6.45, 7) is 3.85. The Kier molecular flexibility index (Phi) is 4.29. The first-order valence-corrected chi connectivity index (χ1v) is 10.2. The summed E-state index contributed by atoms with van der Waals surface area (Å²) >= 11 is 0. The van der Waals surface area contributed by atoms with Crippen LogP contribution in [0.4, 0.5) is 4.39 Å². The van der Waals surface area contributed by atoms with E-state index in [1.807, 2.05) is 0 Å². The second kappa shape index (κ2) is 6.34. The van der Waals surface area contributed by atoms with Gasteiger partial charge in [-0.05, 0) is 56.0 Å². The summed E-state index contributed by atoms with van der Waals surface area (Å²) in [4.78, 5) is 13.9. The molecule has 0 saturated carbocycles. The number of hydrogen-bond acceptors (Lipinski definition) is 4. The van der Waals surface area contributed by atoms with E-state index in [0.717, 1.165) is 32.0 Å². The van der Waals surface area contributed by atoms with Crippen molar-refractivity contribution in [2.45, 2.75) is 17.7 Å². The van der Waals surface area contributed by atoms with E-state index in [-0.39, 0.29) is 16.4 Å². The molecule has 0 bridgehead atoms. The van der Waals surface area contributed by atoms with Crippen LogP contribution in [-0.4, -0.2) is 62.8 Å². The fourth-order valence-electron chi connectivity index (χ4n) is 4.08. The van der Waals surface area contributed by atoms with E-state index in [9.17, 15) is 17.6 Å². The molecule has 3 aliphatic heterocycles. The van der Waals surface area contributed by atoms with Crippen molar-refractivity contribution in [3.63, 3.8) is 0 Å². The fourth-order valence-corrected chi connectivity index (χ4v) is 5.64. The third-order valence-corrected chi connectivity index (χ3v) is 7.39. The smallest absolute Gasteiger partial charge is 0.256 e. The average Bonchev–Trinajstić information content (AvgIpc) is 3.30. The number of hydrogen-bond donors (Lipinski definition) is 1. The van der Waals surface area contributed by atoms with Gasteiger partial charge in [-0.25, -0.2) is 12.8 Å². The standard InChI is InChI=1S/C17H22FN3O3S/c18-16-7-14(3-4-15(16)17(22)20-5-1-2-6-20)25(23,24)21-10-12-8-19-9-13(12)11-21/h3-4,7,12-13,19H,1-2,5-6,8-11H2/t12-,13+. The molecule has 0 aliphatic carbocycles. The SMILES string of the molecule is O=C(c1ccc(S(=O)(=O)N2C[C@H]3CNC[C@H]3C2)cc1F)N1CCCC1. The van der Waals surface area contributed by atoms with Gasteiger partial charge in [-0.3, -0.25) is 4.79 Å². The topological polar surface area (TPSA) is 69.7 Å². The van der Waals surface area contributed by atoms with Gasteiger partial charge in [0.1, 0.15) is 5.82 Å². The average molecular weight is 367 g/mol. The number of amides is 1. The summed E-state index contributed by atoms with van der Waals surface area (Å²) < 4.78 is 41.5. The molecule has 1 N–H and O–H groups in total. The van der Waals surface area contributed by atoms with Gasteiger partial charge >= 0.3 is 0 Å². The van der Waals surface area contributed by atoms with E-state index < -0.39 is 15.8 Å². The molecule has 0 radical (unpaired) electrons. The van der Waals surface area contributed by atoms with Gasteiger partial charge in [0.05, 0.1) is 10.5 Å². The minimum Gasteiger partial charge on any atom is -0.339 e. The molecular formula is C17H22FN3O3S. The van der Waals surface area contributed by atoms with Crippen LogP contribution in [-0.2, 0) is 10.0 Å². The third kappa shape index (κ3) is 2.96. The lowest BCUT2D eigenvalue weighted by Crippen LogP contribution is -2.32. The summed E-state index contributed by atoms with van der Waals surface area (Å²) in [5.74, 6) is -0.467. The molecule has 1 aromatic carbocycles. The van der Waals surface area contributed by atoms with Crippen LogP contribution in [0.3, 0.4) is 0 Å². The molecule has 0 unspecified atom stereocenters. The predicted octanol–water partition coefficient (Wildman–Crippen LogP) is 0.902. The first-order valence-electron chi connectivity index (χ1n) is 8.76. The molecular weight excluding hydrogens is 345 g/mol. The van der Waals surface area contributed by atoms with Crippen molar-refractivity contribution in [2.24, 2.45) is 11.8 Å². The number of nitrogens with zero attached hydrogens (tertiary/aromatic N) is 2. The van der Waals surface area contributed by atoms with Crippen LogP contribution in [0.15, 0.2) is 23.1 Å². The van der Waals surface area contributed by atoms with Crippen molar-refractivity contribution in [3.8, 4) is 0 Å². The lowest BCUT2D eigenvalue weighted by molar-refractivity contribution is 0.0788. The Balaban J connectivity index is 1.56. The van der Waals surface area contributed by atoms with Gasteiger partial charge in [-0.1, -0.05) is 0 Å². The van der Waals surface area contributed by atoms with Gasteiger partial charge in [0.15, 0.2) is 0 Å². The second-order valence-corrected chi connectivity index (χ2v) is 9.08. The van der Waals surface area contributed by atoms with E-state index >= 15 is 0 Å². The molecule has 3 aliphatic rings. The van der Waals surface area contributed by atoms with Gasteiger partial charge in [0.2, 0.25) is 10.0 Å². The highest BCUT2D eigenvalue weighted by atomic mass is 32.2. The van der Waals surface area contributed by atoms with E-state index in [2.05, 4.69) is 5.32 Å². The van der Waals surface area contributed by atoms with Crippen molar-refractivity contribution >= 4 is 15.9 Å². The molecule has 3 fully saturated rings. The molecule has 25 heavy (non-hydrogen) atoms. The van der Waals surface area contributed by atoms with Crippen LogP contribution in [0.1, 0.15) is 23.2 Å². The number of benzene rings is 1. The van der Waals surface area contributed by atoms with Gasteiger partial charge in [-0.2, -0.15) is 4.31 Å². The summed E-state index contributed by atoms with van der Waals surface area (Å²) in [5.41, 5.74) is -0.0525. The Labute approximate surface area is 147 Å². The Bertz CT molecular complexity index is 780. The summed E-state index contributed by atoms with van der Waals surface area (Å²) in [6.07, 6.45) is 1.85. The van der Waals surface area contributed by atoms with Crippen molar-refractivity contribution < 1.29 is 17.6 Å². The molecule has 0 aromatic heterocycles. The molecule has 3 saturated heterocycles. The number of carbonyl (C=O) groups is 1. The molecule has 3 heterocycles. The molecule has 1 amide bonds. The highest BCUT2D eigenvalue weighted by molar-refractivity contribution is 7.89. The van der Waals surface area contributed by atoms with E-state index in [1.165, 1.54) is 16.4 Å². The maximum atomic E-state index is 14.5. The third-order valence-electron chi connectivity index (χ3n) is 5.56. The van der Waals surface area contributed by atoms with Gasteiger partial charge in [-0.15, -0.1) is 0 Å². The van der Waals surface area contributed by atoms with Crippen molar-refractivity contribution in [1.29, 1.82) is 0 Å². The fraction of sp³-hybridized carbons (Fsp3) is 0.588. The number of halogens is 1. The maximum absolute atomic E-state index is 14.5. The number of fused-ring (bicyclic) bond motifs is 1. The predicted molar refractivity (Wildman–Crippen MR) is 90.1 cm³/mol. The Morgan fingerprint density at radius 1 is 1.12 bits per heavy atom. The zero-order valence-electron chi connectivity index (χ0n) is 13.9. The van der Waals surface area contributed by atoms with Crippen molar-refractivity contribution in [2.75, 3.05) is 39.3 Å². The van der Waals surface area contributed by atoms with E-state index in [0.29, 0.717) is 38.0 Å². The number of likely N-dealkylation sites (tertiary alicyclic amines) is 1. The van der Waals surface area contributed by atoms with Crippen LogP contribution in [0, 0.1) is 17.7 Å². The molecule has 8 heteroatoms. The Hall–Kier alpha value is -1.51. The van der Waals surface area contributed by atoms with Crippen LogP contribution >= 0.6 is 0 Å². The molecule has 1 aromatic rings. The van der Waals surface area contributed by atoms with Crippen molar-refractivity contribution in [3.05, 3.63) is 29.6 Å². The minimum absolute atomic E-state index is 0.0525. The van der Waals surface area contributed by atoms with Crippen LogP contribution in [0.2, 0.25) is 0 Å². The molecule has 6 nitrogen and oxygen atoms in total. The van der Waals surface area contributed by atoms with E-state index in [4.69, 9.17) is 0 Å². The van der Waals surface area contributed by atoms with Crippen LogP contribution in [0.5, 0.6) is 0 Å². The Morgan fingerprint density at radius 2 is 1.76 bits per heavy atom. The lowest BCUT2D eigenvalue weighted by Gasteiger charge is -2.19. The van der Waals surface area contributed by atoms with Crippen molar-refractivity contribution in [1.82, 2.24) is 14.5 Å². The summed E-state index contributed by atoms with van der Waals surface area (Å²) in [7, 11) is -3.72. The zero-order valence-corrected chi connectivity index (χ0v) is 14.8. The molecule has 4 rings (SSSR count). The number of carbonyl (C=O) groups excluding carboxylic acids is 1. The molecule has 0 spiro atoms. The highest BCUT2D eigenvalue weighted by Crippen LogP contribution is 2.31. The lowest BCUT2D eigenvalue weighted by atomic mass is 10.0. The first-order chi connectivity index (χ1) is 12.0. The quantitative estimate of drug-likeness (QED) is 0.862. The zero-order chi connectivity index (χ0) is 17.6. The number of nitrogens with one attached hydrogen (secondary N) is 1. The van der Waals surface area contributed by atoms with Gasteiger partial charge in [0, 0.05) is 26.2 Å². The van der Waals surface area contributed by atoms with Gasteiger partial charge < -0.3 is 10.2 Å². The molecule has 136 valence electrons. The highest BCUT2D eigenvalue weighted by Gasteiger charge is 2.41. The van der Waals surface area contributed by atoms with Crippen LogP contribution in [0.25, 0.3) is 0 Å². The molecule has 2 atom stereocenters.